The second kappa shape index (κ2) is 8.31. The van der Waals surface area contributed by atoms with Gasteiger partial charge in [0.05, 0.1) is 23.7 Å². The monoisotopic (exact) mass is 399 g/mol. The Bertz CT molecular complexity index is 839. The average molecular weight is 400 g/mol. The van der Waals surface area contributed by atoms with Gasteiger partial charge < -0.3 is 14.5 Å². The Morgan fingerprint density at radius 3 is 2.86 bits per heavy atom. The maximum Gasteiger partial charge on any atom is 0.273 e. The molecule has 0 spiro atoms. The lowest BCUT2D eigenvalue weighted by molar-refractivity contribution is 0.0642. The maximum atomic E-state index is 13.4. The van der Waals surface area contributed by atoms with Crippen molar-refractivity contribution in [2.45, 2.75) is 32.2 Å². The van der Waals surface area contributed by atoms with Crippen LogP contribution in [0.5, 0.6) is 5.75 Å². The van der Waals surface area contributed by atoms with Crippen molar-refractivity contribution in [3.63, 3.8) is 0 Å². The molecule has 2 amide bonds. The van der Waals surface area contributed by atoms with E-state index in [0.29, 0.717) is 42.6 Å². The van der Waals surface area contributed by atoms with Crippen molar-refractivity contribution in [3.8, 4) is 5.75 Å². The van der Waals surface area contributed by atoms with Crippen LogP contribution in [0.1, 0.15) is 47.0 Å². The van der Waals surface area contributed by atoms with Crippen molar-refractivity contribution < 1.29 is 14.3 Å². The minimum Gasteiger partial charge on any atom is -0.493 e. The van der Waals surface area contributed by atoms with Crippen LogP contribution in [-0.4, -0.2) is 58.9 Å². The predicted molar refractivity (Wildman–Crippen MR) is 108 cm³/mol. The van der Waals surface area contributed by atoms with E-state index >= 15 is 0 Å². The van der Waals surface area contributed by atoms with E-state index in [4.69, 9.17) is 4.74 Å². The van der Waals surface area contributed by atoms with E-state index in [1.165, 1.54) is 11.3 Å². The van der Waals surface area contributed by atoms with Gasteiger partial charge >= 0.3 is 0 Å². The molecule has 4 rings (SSSR count). The van der Waals surface area contributed by atoms with Gasteiger partial charge in [-0.3, -0.25) is 9.59 Å². The zero-order valence-electron chi connectivity index (χ0n) is 16.0. The summed E-state index contributed by atoms with van der Waals surface area (Å²) in [5.41, 5.74) is 2.79. The van der Waals surface area contributed by atoms with Gasteiger partial charge in [0.1, 0.15) is 11.4 Å². The summed E-state index contributed by atoms with van der Waals surface area (Å²) < 4.78 is 5.68. The van der Waals surface area contributed by atoms with Gasteiger partial charge in [-0.1, -0.05) is 18.6 Å². The van der Waals surface area contributed by atoms with E-state index in [9.17, 15) is 9.59 Å². The highest BCUT2D eigenvalue weighted by Gasteiger charge is 2.42. The molecular formula is C21H25N3O3S. The number of carbonyl (C=O) groups excluding carboxylic acids is 2. The smallest absolute Gasteiger partial charge is 0.273 e. The molecule has 2 fully saturated rings. The van der Waals surface area contributed by atoms with E-state index in [1.807, 2.05) is 41.0 Å². The van der Waals surface area contributed by atoms with Crippen molar-refractivity contribution >= 4 is 23.2 Å². The lowest BCUT2D eigenvalue weighted by Gasteiger charge is -2.30. The number of amides is 2. The summed E-state index contributed by atoms with van der Waals surface area (Å²) in [6, 6.07) is 7.49. The summed E-state index contributed by atoms with van der Waals surface area (Å²) in [4.78, 5) is 34.2. The lowest BCUT2D eigenvalue weighted by atomic mass is 9.98. The Hall–Kier alpha value is -2.41. The zero-order chi connectivity index (χ0) is 19.5. The molecule has 0 saturated carbocycles. The molecule has 7 heteroatoms. The number of nitrogens with zero attached hydrogens (tertiary/aromatic N) is 3. The van der Waals surface area contributed by atoms with Crippen molar-refractivity contribution in [2.24, 2.45) is 5.92 Å². The summed E-state index contributed by atoms with van der Waals surface area (Å²) in [7, 11) is 0. The molecule has 148 valence electrons. The number of aromatic nitrogens is 1. The average Bonchev–Trinajstić information content (AvgIpc) is 3.35. The molecule has 2 atom stereocenters. The van der Waals surface area contributed by atoms with Crippen molar-refractivity contribution in [1.82, 2.24) is 14.8 Å². The summed E-state index contributed by atoms with van der Waals surface area (Å²) in [5.74, 6) is 0.915. The highest BCUT2D eigenvalue weighted by Crippen LogP contribution is 2.33. The van der Waals surface area contributed by atoms with E-state index in [-0.39, 0.29) is 17.9 Å². The predicted octanol–water partition coefficient (Wildman–Crippen LogP) is 3.31. The molecule has 0 bridgehead atoms. The fourth-order valence-electron chi connectivity index (χ4n) is 4.32. The Morgan fingerprint density at radius 2 is 2.07 bits per heavy atom. The highest BCUT2D eigenvalue weighted by molar-refractivity contribution is 7.07. The zero-order valence-corrected chi connectivity index (χ0v) is 16.9. The molecule has 1 aromatic heterocycles. The third-order valence-corrected chi connectivity index (χ3v) is 6.23. The molecule has 2 aliphatic rings. The van der Waals surface area contributed by atoms with Crippen LogP contribution in [0.2, 0.25) is 0 Å². The fraction of sp³-hybridized carbons (Fsp3) is 0.476. The van der Waals surface area contributed by atoms with Crippen LogP contribution in [0, 0.1) is 5.92 Å². The van der Waals surface area contributed by atoms with Crippen molar-refractivity contribution in [3.05, 3.63) is 46.4 Å². The molecule has 0 radical (unpaired) electrons. The van der Waals surface area contributed by atoms with E-state index in [1.54, 1.807) is 10.9 Å². The van der Waals surface area contributed by atoms with Crippen LogP contribution in [0.4, 0.5) is 0 Å². The Labute approximate surface area is 169 Å². The lowest BCUT2D eigenvalue weighted by Crippen LogP contribution is -2.44. The normalized spacial score (nSPS) is 21.9. The van der Waals surface area contributed by atoms with Gasteiger partial charge in [0.15, 0.2) is 0 Å². The topological polar surface area (TPSA) is 62.7 Å². The van der Waals surface area contributed by atoms with Gasteiger partial charge in [-0.2, -0.15) is 0 Å². The molecular weight excluding hydrogens is 374 g/mol. The van der Waals surface area contributed by atoms with Gasteiger partial charge in [0, 0.05) is 25.0 Å². The molecule has 3 heterocycles. The third-order valence-electron chi connectivity index (χ3n) is 5.65. The van der Waals surface area contributed by atoms with Crippen molar-refractivity contribution in [1.29, 1.82) is 0 Å². The second-order valence-corrected chi connectivity index (χ2v) is 8.05. The number of carbonyl (C=O) groups is 2. The largest absolute Gasteiger partial charge is 0.493 e. The minimum atomic E-state index is -0.0311. The molecule has 0 unspecified atom stereocenters. The number of rotatable bonds is 4. The summed E-state index contributed by atoms with van der Waals surface area (Å²) in [5, 5.41) is 1.79. The van der Waals surface area contributed by atoms with Gasteiger partial charge in [0.25, 0.3) is 11.8 Å². The molecule has 0 N–H and O–H groups in total. The summed E-state index contributed by atoms with van der Waals surface area (Å²) in [6.07, 6.45) is 3.12. The molecule has 1 aromatic carbocycles. The molecule has 28 heavy (non-hydrogen) atoms. The number of thiazole rings is 1. The summed E-state index contributed by atoms with van der Waals surface area (Å²) in [6.45, 7) is 4.43. The molecule has 2 aliphatic heterocycles. The SMILES string of the molecule is CCOc1ccccc1C(=O)N1CCCC[C@H]2CN(C(=O)c3cscn3)C[C@H]21. The van der Waals surface area contributed by atoms with E-state index in [0.717, 1.165) is 25.8 Å². The number of hydrogen-bond acceptors (Lipinski definition) is 5. The maximum absolute atomic E-state index is 13.4. The first kappa shape index (κ1) is 18.9. The Kier molecular flexibility index (Phi) is 5.62. The van der Waals surface area contributed by atoms with Crippen LogP contribution >= 0.6 is 11.3 Å². The molecule has 6 nitrogen and oxygen atoms in total. The van der Waals surface area contributed by atoms with Crippen molar-refractivity contribution in [2.75, 3.05) is 26.2 Å². The van der Waals surface area contributed by atoms with Crippen LogP contribution < -0.4 is 4.74 Å². The first-order valence-electron chi connectivity index (χ1n) is 9.89. The van der Waals surface area contributed by atoms with Gasteiger partial charge in [0.2, 0.25) is 0 Å². The van der Waals surface area contributed by atoms with E-state index in [2.05, 4.69) is 4.98 Å². The first-order chi connectivity index (χ1) is 13.7. The van der Waals surface area contributed by atoms with Gasteiger partial charge in [-0.25, -0.2) is 4.98 Å². The molecule has 0 aliphatic carbocycles. The van der Waals surface area contributed by atoms with Gasteiger partial charge in [-0.15, -0.1) is 11.3 Å². The van der Waals surface area contributed by atoms with Gasteiger partial charge in [-0.05, 0) is 37.8 Å². The Balaban J connectivity index is 1.57. The van der Waals surface area contributed by atoms with Crippen LogP contribution in [0.25, 0.3) is 0 Å². The second-order valence-electron chi connectivity index (χ2n) is 7.33. The summed E-state index contributed by atoms with van der Waals surface area (Å²) >= 11 is 1.43. The molecule has 2 saturated heterocycles. The molecule has 2 aromatic rings. The first-order valence-corrected chi connectivity index (χ1v) is 10.8. The number of ether oxygens (including phenoxy) is 1. The highest BCUT2D eigenvalue weighted by atomic mass is 32.1. The standard InChI is InChI=1S/C21H25N3O3S/c1-2-27-19-9-4-3-8-16(19)20(25)24-10-6-5-7-15-11-23(12-18(15)24)21(26)17-13-28-14-22-17/h3-4,8-9,13-15,18H,2,5-7,10-12H2,1H3/t15-,18+/m0/s1. The number of para-hydroxylation sites is 1. The quantitative estimate of drug-likeness (QED) is 0.791. The van der Waals surface area contributed by atoms with Crippen LogP contribution in [-0.2, 0) is 0 Å². The Morgan fingerprint density at radius 1 is 1.21 bits per heavy atom. The third kappa shape index (κ3) is 3.63. The fourth-order valence-corrected chi connectivity index (χ4v) is 4.85. The number of benzene rings is 1. The van der Waals surface area contributed by atoms with Crippen LogP contribution in [0.15, 0.2) is 35.2 Å². The number of fused-ring (bicyclic) bond motifs is 1. The number of likely N-dealkylation sites (tertiary alicyclic amines) is 2. The van der Waals surface area contributed by atoms with E-state index < -0.39 is 0 Å². The number of hydrogen-bond donors (Lipinski definition) is 0. The minimum absolute atomic E-state index is 0.00362. The van der Waals surface area contributed by atoms with Crippen LogP contribution in [0.3, 0.4) is 0 Å².